The third-order valence-corrected chi connectivity index (χ3v) is 9.21. The maximum Gasteiger partial charge on any atom is 0.257 e. The molecule has 0 bridgehead atoms. The van der Waals surface area contributed by atoms with Gasteiger partial charge in [-0.25, -0.2) is 4.98 Å². The molecular weight excluding hydrogens is 572 g/mol. The number of benzene rings is 1. The van der Waals surface area contributed by atoms with Gasteiger partial charge in [0.2, 0.25) is 5.91 Å². The number of carbonyl (C=O) groups excluding carboxylic acids is 1. The van der Waals surface area contributed by atoms with Crippen LogP contribution in [-0.4, -0.2) is 57.0 Å². The lowest BCUT2D eigenvalue weighted by molar-refractivity contribution is -0.124. The quantitative estimate of drug-likeness (QED) is 0.267. The molecule has 8 nitrogen and oxygen atoms in total. The van der Waals surface area contributed by atoms with E-state index >= 15 is 0 Å². The number of pyridine rings is 2. The first-order valence-electron chi connectivity index (χ1n) is 15.2. The number of halogens is 1. The van der Waals surface area contributed by atoms with Crippen molar-refractivity contribution >= 4 is 34.2 Å². The van der Waals surface area contributed by atoms with Crippen LogP contribution in [0.3, 0.4) is 0 Å². The smallest absolute Gasteiger partial charge is 0.257 e. The summed E-state index contributed by atoms with van der Waals surface area (Å²) in [7, 11) is 5.68. The Hall–Kier alpha value is -4.14. The minimum atomic E-state index is -0.101. The van der Waals surface area contributed by atoms with Gasteiger partial charge in [0.25, 0.3) is 5.56 Å². The van der Waals surface area contributed by atoms with Crippen molar-refractivity contribution in [2.45, 2.75) is 38.8 Å². The molecular formula is C35H39ClN6O2. The maximum absolute atomic E-state index is 13.2. The van der Waals surface area contributed by atoms with Crippen LogP contribution in [0.1, 0.15) is 36.9 Å². The summed E-state index contributed by atoms with van der Waals surface area (Å²) < 4.78 is 3.84. The van der Waals surface area contributed by atoms with Crippen molar-refractivity contribution < 1.29 is 4.79 Å². The number of amides is 1. The fourth-order valence-corrected chi connectivity index (χ4v) is 6.49. The Morgan fingerprint density at radius 2 is 1.82 bits per heavy atom. The van der Waals surface area contributed by atoms with Crippen molar-refractivity contribution in [2.75, 3.05) is 32.5 Å². The highest BCUT2D eigenvalue weighted by Crippen LogP contribution is 2.33. The van der Waals surface area contributed by atoms with Crippen molar-refractivity contribution in [3.8, 4) is 5.69 Å². The van der Waals surface area contributed by atoms with E-state index in [0.29, 0.717) is 17.5 Å². The SMILES string of the molecule is CN(C)C(=O)C1=CC=C(C2CCN(Cc3cc4c(-n5ccc(NCc6ccc(Cl)cc6)cc5=O)ccnc4n3C)CC2)CC1. The molecule has 4 heterocycles. The number of nitrogens with zero attached hydrogens (tertiary/aromatic N) is 5. The predicted molar refractivity (Wildman–Crippen MR) is 177 cm³/mol. The van der Waals surface area contributed by atoms with Gasteiger partial charge in [-0.15, -0.1) is 0 Å². The van der Waals surface area contributed by atoms with Crippen molar-refractivity contribution in [3.63, 3.8) is 0 Å². The van der Waals surface area contributed by atoms with Crippen LogP contribution < -0.4 is 10.9 Å². The number of piperidine rings is 1. The molecule has 0 radical (unpaired) electrons. The first-order chi connectivity index (χ1) is 21.3. The van der Waals surface area contributed by atoms with Crippen LogP contribution in [0.25, 0.3) is 16.7 Å². The van der Waals surface area contributed by atoms with E-state index in [2.05, 4.69) is 39.0 Å². The number of rotatable bonds is 8. The number of likely N-dealkylation sites (N-methyl/N-ethyl adjacent to an activating group) is 1. The molecule has 0 unspecified atom stereocenters. The highest BCUT2D eigenvalue weighted by Gasteiger charge is 2.25. The van der Waals surface area contributed by atoms with Gasteiger partial charge in [-0.05, 0) is 80.6 Å². The summed E-state index contributed by atoms with van der Waals surface area (Å²) in [5.41, 5.74) is 7.02. The van der Waals surface area contributed by atoms with E-state index in [9.17, 15) is 9.59 Å². The number of carbonyl (C=O) groups is 1. The summed E-state index contributed by atoms with van der Waals surface area (Å²) >= 11 is 5.99. The number of aromatic nitrogens is 3. The number of allylic oxidation sites excluding steroid dienone is 3. The first-order valence-corrected chi connectivity index (χ1v) is 15.6. The summed E-state index contributed by atoms with van der Waals surface area (Å²) in [5.74, 6) is 0.696. The number of hydrogen-bond acceptors (Lipinski definition) is 5. The summed E-state index contributed by atoms with van der Waals surface area (Å²) in [6.45, 7) is 3.50. The molecule has 0 spiro atoms. The van der Waals surface area contributed by atoms with Crippen LogP contribution in [-0.2, 0) is 24.9 Å². The number of likely N-dealkylation sites (tertiary alicyclic amines) is 1. The molecule has 4 aromatic rings. The molecule has 3 aromatic heterocycles. The third kappa shape index (κ3) is 6.37. The van der Waals surface area contributed by atoms with Crippen molar-refractivity contribution in [2.24, 2.45) is 13.0 Å². The minimum absolute atomic E-state index is 0.101. The lowest BCUT2D eigenvalue weighted by atomic mass is 9.83. The molecule has 1 aliphatic carbocycles. The number of aryl methyl sites for hydroxylation is 1. The molecule has 1 fully saturated rings. The Morgan fingerprint density at radius 1 is 1.05 bits per heavy atom. The topological polar surface area (TPSA) is 75.4 Å². The zero-order valence-electron chi connectivity index (χ0n) is 25.6. The van der Waals surface area contributed by atoms with E-state index in [-0.39, 0.29) is 11.5 Å². The average molecular weight is 611 g/mol. The Balaban J connectivity index is 1.13. The molecule has 1 saturated heterocycles. The summed E-state index contributed by atoms with van der Waals surface area (Å²) in [5, 5.41) is 5.00. The van der Waals surface area contributed by atoms with Crippen LogP contribution in [0, 0.1) is 5.92 Å². The largest absolute Gasteiger partial charge is 0.381 e. The van der Waals surface area contributed by atoms with Crippen molar-refractivity contribution in [1.29, 1.82) is 0 Å². The van der Waals surface area contributed by atoms with Gasteiger partial charge in [0.05, 0.1) is 5.69 Å². The van der Waals surface area contributed by atoms with Crippen molar-refractivity contribution in [3.05, 3.63) is 111 Å². The first kappa shape index (κ1) is 29.9. The highest BCUT2D eigenvalue weighted by atomic mass is 35.5. The zero-order chi connectivity index (χ0) is 30.8. The van der Waals surface area contributed by atoms with E-state index in [4.69, 9.17) is 11.6 Å². The van der Waals surface area contributed by atoms with Gasteiger partial charge in [0, 0.05) is 80.1 Å². The summed E-state index contributed by atoms with van der Waals surface area (Å²) in [6, 6.07) is 15.3. The second kappa shape index (κ2) is 12.8. The second-order valence-corrected chi connectivity index (χ2v) is 12.5. The van der Waals surface area contributed by atoms with Crippen LogP contribution in [0.2, 0.25) is 5.02 Å². The summed E-state index contributed by atoms with van der Waals surface area (Å²) in [6.07, 6.45) is 11.9. The van der Waals surface area contributed by atoms with Gasteiger partial charge in [-0.2, -0.15) is 0 Å². The van der Waals surface area contributed by atoms with Crippen molar-refractivity contribution in [1.82, 2.24) is 23.9 Å². The molecule has 1 aromatic carbocycles. The van der Waals surface area contributed by atoms with Gasteiger partial charge >= 0.3 is 0 Å². The molecule has 6 rings (SSSR count). The van der Waals surface area contributed by atoms with E-state index in [1.165, 1.54) is 11.3 Å². The molecule has 0 saturated carbocycles. The number of hydrogen-bond donors (Lipinski definition) is 1. The lowest BCUT2D eigenvalue weighted by Gasteiger charge is -2.34. The molecule has 228 valence electrons. The average Bonchev–Trinajstić information content (AvgIpc) is 3.35. The highest BCUT2D eigenvalue weighted by molar-refractivity contribution is 6.30. The normalized spacial score (nSPS) is 16.1. The van der Waals surface area contributed by atoms with Gasteiger partial charge < -0.3 is 14.8 Å². The van der Waals surface area contributed by atoms with E-state index in [1.54, 1.807) is 21.7 Å². The molecule has 2 aliphatic rings. The van der Waals surface area contributed by atoms with Crippen LogP contribution in [0.15, 0.2) is 89.0 Å². The van der Waals surface area contributed by atoms with Crippen LogP contribution in [0.4, 0.5) is 5.69 Å². The fourth-order valence-electron chi connectivity index (χ4n) is 6.36. The fraction of sp³-hybridized carbons (Fsp3) is 0.343. The van der Waals surface area contributed by atoms with Gasteiger partial charge in [-0.3, -0.25) is 19.1 Å². The molecule has 1 N–H and O–H groups in total. The molecule has 1 amide bonds. The molecule has 44 heavy (non-hydrogen) atoms. The second-order valence-electron chi connectivity index (χ2n) is 12.0. The summed E-state index contributed by atoms with van der Waals surface area (Å²) in [4.78, 5) is 34.4. The monoisotopic (exact) mass is 610 g/mol. The molecule has 9 heteroatoms. The molecule has 1 aliphatic heterocycles. The maximum atomic E-state index is 13.2. The van der Waals surface area contributed by atoms with Gasteiger partial charge in [-0.1, -0.05) is 41.5 Å². The number of anilines is 1. The molecule has 0 atom stereocenters. The Morgan fingerprint density at radius 3 is 2.50 bits per heavy atom. The van der Waals surface area contributed by atoms with Gasteiger partial charge in [0.15, 0.2) is 0 Å². The lowest BCUT2D eigenvalue weighted by Crippen LogP contribution is -2.34. The third-order valence-electron chi connectivity index (χ3n) is 8.95. The predicted octanol–water partition coefficient (Wildman–Crippen LogP) is 5.94. The van der Waals surface area contributed by atoms with Gasteiger partial charge in [0.1, 0.15) is 5.65 Å². The van der Waals surface area contributed by atoms with Crippen LogP contribution >= 0.6 is 11.6 Å². The minimum Gasteiger partial charge on any atom is -0.381 e. The number of fused-ring (bicyclic) bond motifs is 1. The Kier molecular flexibility index (Phi) is 8.73. The number of nitrogens with one attached hydrogen (secondary N) is 1. The zero-order valence-corrected chi connectivity index (χ0v) is 26.3. The Bertz CT molecular complexity index is 1790. The van der Waals surface area contributed by atoms with E-state index < -0.39 is 0 Å². The Labute approximate surface area is 263 Å². The van der Waals surface area contributed by atoms with Crippen LogP contribution in [0.5, 0.6) is 0 Å². The van der Waals surface area contributed by atoms with E-state index in [1.807, 2.05) is 62.8 Å². The van der Waals surface area contributed by atoms with E-state index in [0.717, 1.165) is 78.9 Å². The standard InChI is InChI=1S/C35H39ClN6O2/c1-39(2)35(44)27-8-6-25(7-9-27)26-13-17-41(18-14-26)23-30-21-31-32(12-16-37-34(31)40(30)3)42-19-15-29(20-33(42)43)38-22-24-4-10-28(36)11-5-24/h4-6,8,10-12,15-16,19-21,26,38H,7,9,13-14,17-18,22-23H2,1-3H3.